The van der Waals surface area contributed by atoms with Gasteiger partial charge in [0.05, 0.1) is 6.61 Å². The molecule has 14 heteroatoms. The monoisotopic (exact) mass is 849 g/mol. The van der Waals surface area contributed by atoms with Gasteiger partial charge in [0.25, 0.3) is 0 Å². The summed E-state index contributed by atoms with van der Waals surface area (Å²) in [5.74, 6) is -1.35. The van der Waals surface area contributed by atoms with Crippen LogP contribution in [0.15, 0.2) is 24.3 Å². The lowest BCUT2D eigenvalue weighted by Gasteiger charge is -2.41. The van der Waals surface area contributed by atoms with Crippen molar-refractivity contribution in [3.63, 3.8) is 0 Å². The van der Waals surface area contributed by atoms with Crippen molar-refractivity contribution in [3.8, 4) is 0 Å². The second kappa shape index (κ2) is 35.0. The zero-order valence-electron chi connectivity index (χ0n) is 35.8. The maximum absolute atomic E-state index is 12.8. The SMILES string of the molecule is CCCCCCCCCCCCC/C=C/C=C/C(=O)OC[C@@H](COP(=O)(O)OC1C(O)C(O)C(O)[C@H](O)C1O)OC(=O)CCCCCCCCCCCCCCCC. The van der Waals surface area contributed by atoms with E-state index >= 15 is 0 Å². The van der Waals surface area contributed by atoms with Crippen molar-refractivity contribution in [3.05, 3.63) is 24.3 Å². The van der Waals surface area contributed by atoms with Crippen molar-refractivity contribution in [2.45, 2.75) is 230 Å². The summed E-state index contributed by atoms with van der Waals surface area (Å²) in [5, 5.41) is 50.1. The van der Waals surface area contributed by atoms with Crippen molar-refractivity contribution >= 4 is 19.8 Å². The number of unbranched alkanes of at least 4 members (excludes halogenated alkanes) is 24. The van der Waals surface area contributed by atoms with Crippen molar-refractivity contribution in [2.24, 2.45) is 0 Å². The van der Waals surface area contributed by atoms with Gasteiger partial charge in [0.1, 0.15) is 43.2 Å². The molecule has 0 amide bonds. The second-order valence-corrected chi connectivity index (χ2v) is 17.4. The number of rotatable bonds is 37. The number of ether oxygens (including phenoxy) is 2. The number of phosphoric ester groups is 1. The fourth-order valence-electron chi connectivity index (χ4n) is 6.97. The smallest absolute Gasteiger partial charge is 0.458 e. The Hall–Kier alpha value is -1.67. The van der Waals surface area contributed by atoms with E-state index < -0.39 is 75.7 Å². The van der Waals surface area contributed by atoms with E-state index in [4.69, 9.17) is 18.5 Å². The van der Waals surface area contributed by atoms with E-state index in [1.807, 2.05) is 6.08 Å². The number of hydrogen-bond donors (Lipinski definition) is 6. The highest BCUT2D eigenvalue weighted by molar-refractivity contribution is 7.47. The van der Waals surface area contributed by atoms with Gasteiger partial charge in [0, 0.05) is 12.5 Å². The first-order valence-corrected chi connectivity index (χ1v) is 24.2. The molecule has 0 aliphatic heterocycles. The van der Waals surface area contributed by atoms with E-state index in [0.29, 0.717) is 6.42 Å². The minimum absolute atomic E-state index is 0.0815. The molecule has 58 heavy (non-hydrogen) atoms. The molecule has 0 heterocycles. The van der Waals surface area contributed by atoms with E-state index in [1.165, 1.54) is 122 Å². The second-order valence-electron chi connectivity index (χ2n) is 16.0. The van der Waals surface area contributed by atoms with Gasteiger partial charge in [-0.1, -0.05) is 180 Å². The Morgan fingerprint density at radius 3 is 1.45 bits per heavy atom. The zero-order valence-corrected chi connectivity index (χ0v) is 36.7. The molecule has 1 saturated carbocycles. The fraction of sp³-hybridized carbons (Fsp3) is 0.864. The quantitative estimate of drug-likeness (QED) is 0.0114. The first-order valence-electron chi connectivity index (χ1n) is 22.7. The standard InChI is InChI=1S/C44H81O13P/c1-3-5-7-9-11-13-15-17-19-21-22-24-26-28-30-32-37(45)54-34-36(35-55-58(52,53)57-44-42(50)40(48)39(47)41(49)43(44)51)56-38(46)33-31-29-27-25-23-20-18-16-14-12-10-8-6-4-2/h26,28,30,32,36,39-44,47-51H,3-25,27,29,31,33-35H2,1-2H3,(H,52,53)/b28-26+,32-30+/t36-,39?,40-,41?,42?,43?,44?/m0/s1. The van der Waals surface area contributed by atoms with Crippen LogP contribution in [-0.2, 0) is 32.7 Å². The summed E-state index contributed by atoms with van der Waals surface area (Å²) in [6.07, 6.45) is 24.4. The van der Waals surface area contributed by atoms with Crippen molar-refractivity contribution in [1.29, 1.82) is 0 Å². The Kier molecular flexibility index (Phi) is 32.8. The normalized spacial score (nSPS) is 22.7. The van der Waals surface area contributed by atoms with E-state index in [0.717, 1.165) is 44.9 Å². The zero-order chi connectivity index (χ0) is 42.9. The summed E-state index contributed by atoms with van der Waals surface area (Å²) in [5.41, 5.74) is 0. The van der Waals surface area contributed by atoms with E-state index in [9.17, 15) is 44.6 Å². The highest BCUT2D eigenvalue weighted by Gasteiger charge is 2.51. The molecule has 0 radical (unpaired) electrons. The number of phosphoric acid groups is 1. The summed E-state index contributed by atoms with van der Waals surface area (Å²) in [4.78, 5) is 35.5. The molecule has 1 rings (SSSR count). The molecule has 0 saturated heterocycles. The predicted molar refractivity (Wildman–Crippen MR) is 226 cm³/mol. The van der Waals surface area contributed by atoms with E-state index in [2.05, 4.69) is 13.8 Å². The first-order chi connectivity index (χ1) is 27.9. The van der Waals surface area contributed by atoms with Crippen molar-refractivity contribution in [1.82, 2.24) is 0 Å². The minimum Gasteiger partial charge on any atom is -0.458 e. The number of hydrogen-bond acceptors (Lipinski definition) is 12. The number of allylic oxidation sites excluding steroid dienone is 3. The van der Waals surface area contributed by atoms with Crippen LogP contribution in [0.3, 0.4) is 0 Å². The van der Waals surface area contributed by atoms with Gasteiger partial charge in [-0.15, -0.1) is 0 Å². The lowest BCUT2D eigenvalue weighted by molar-refractivity contribution is -0.220. The summed E-state index contributed by atoms with van der Waals surface area (Å²) in [7, 11) is -5.13. The van der Waals surface area contributed by atoms with Gasteiger partial charge < -0.3 is 39.9 Å². The van der Waals surface area contributed by atoms with E-state index in [1.54, 1.807) is 12.2 Å². The van der Waals surface area contributed by atoms with Crippen molar-refractivity contribution < 1.29 is 63.1 Å². The third kappa shape index (κ3) is 27.2. The molecule has 6 N–H and O–H groups in total. The molecular formula is C44H81O13P. The molecule has 1 aliphatic carbocycles. The maximum Gasteiger partial charge on any atom is 0.472 e. The number of carbonyl (C=O) groups excluding carboxylic acids is 2. The van der Waals surface area contributed by atoms with Gasteiger partial charge in [-0.2, -0.15) is 0 Å². The number of esters is 2. The largest absolute Gasteiger partial charge is 0.472 e. The molecule has 8 atom stereocenters. The van der Waals surface area contributed by atoms with Crippen LogP contribution in [0, 0.1) is 0 Å². The van der Waals surface area contributed by atoms with Crippen molar-refractivity contribution in [2.75, 3.05) is 13.2 Å². The molecule has 0 aromatic rings. The number of aliphatic hydroxyl groups excluding tert-OH is 5. The summed E-state index contributed by atoms with van der Waals surface area (Å²) in [6, 6.07) is 0. The molecule has 1 fully saturated rings. The van der Waals surface area contributed by atoms with Crippen LogP contribution in [0.1, 0.15) is 187 Å². The average Bonchev–Trinajstić information content (AvgIpc) is 3.20. The Morgan fingerprint density at radius 2 is 0.983 bits per heavy atom. The number of aliphatic hydroxyl groups is 5. The Balaban J connectivity index is 2.52. The third-order valence-electron chi connectivity index (χ3n) is 10.6. The molecule has 1 aliphatic rings. The highest BCUT2D eigenvalue weighted by Crippen LogP contribution is 2.47. The summed E-state index contributed by atoms with van der Waals surface area (Å²) >= 11 is 0. The molecule has 0 aromatic heterocycles. The lowest BCUT2D eigenvalue weighted by atomic mass is 9.85. The molecule has 0 spiro atoms. The Bertz CT molecular complexity index is 1120. The van der Waals surface area contributed by atoms with Crippen LogP contribution in [-0.4, -0.2) is 98.3 Å². The van der Waals surface area contributed by atoms with Crippen LogP contribution in [0.25, 0.3) is 0 Å². The molecule has 0 aromatic carbocycles. The fourth-order valence-corrected chi connectivity index (χ4v) is 7.94. The Labute approximate surface area is 349 Å². The highest BCUT2D eigenvalue weighted by atomic mass is 31.2. The van der Waals surface area contributed by atoms with Crippen LogP contribution >= 0.6 is 7.82 Å². The predicted octanol–water partition coefficient (Wildman–Crippen LogP) is 8.45. The van der Waals surface area contributed by atoms with Gasteiger partial charge in [0.2, 0.25) is 0 Å². The van der Waals surface area contributed by atoms with Gasteiger partial charge in [0.15, 0.2) is 6.10 Å². The molecule has 6 unspecified atom stereocenters. The third-order valence-corrected chi connectivity index (χ3v) is 11.6. The molecular weight excluding hydrogens is 767 g/mol. The van der Waals surface area contributed by atoms with Crippen LogP contribution in [0.4, 0.5) is 0 Å². The molecule has 13 nitrogen and oxygen atoms in total. The van der Waals surface area contributed by atoms with Gasteiger partial charge in [-0.05, 0) is 19.3 Å². The Morgan fingerprint density at radius 1 is 0.569 bits per heavy atom. The van der Waals surface area contributed by atoms with Gasteiger partial charge in [-0.25, -0.2) is 9.36 Å². The molecule has 340 valence electrons. The van der Waals surface area contributed by atoms with Crippen LogP contribution in [0.2, 0.25) is 0 Å². The van der Waals surface area contributed by atoms with Crippen LogP contribution in [0.5, 0.6) is 0 Å². The van der Waals surface area contributed by atoms with E-state index in [-0.39, 0.29) is 6.42 Å². The minimum atomic E-state index is -5.13. The first kappa shape index (κ1) is 54.3. The maximum atomic E-state index is 12.8. The topological polar surface area (TPSA) is 210 Å². The average molecular weight is 849 g/mol. The number of carbonyl (C=O) groups is 2. The summed E-state index contributed by atoms with van der Waals surface area (Å²) in [6.45, 7) is 3.19. The lowest BCUT2D eigenvalue weighted by Crippen LogP contribution is -2.64. The van der Waals surface area contributed by atoms with Gasteiger partial charge >= 0.3 is 19.8 Å². The summed E-state index contributed by atoms with van der Waals surface area (Å²) < 4.78 is 33.3. The molecule has 0 bridgehead atoms. The van der Waals surface area contributed by atoms with Crippen LogP contribution < -0.4 is 0 Å². The van der Waals surface area contributed by atoms with Gasteiger partial charge in [-0.3, -0.25) is 13.8 Å².